The molecule has 0 amide bonds. The molecule has 2 rings (SSSR count). The van der Waals surface area contributed by atoms with Crippen LogP contribution in [0.2, 0.25) is 0 Å². The van der Waals surface area contributed by atoms with Crippen LogP contribution in [0.4, 0.5) is 0 Å². The van der Waals surface area contributed by atoms with Crippen LogP contribution in [0.1, 0.15) is 11.1 Å². The first kappa shape index (κ1) is 15.7. The maximum absolute atomic E-state index is 9.13. The van der Waals surface area contributed by atoms with E-state index in [1.165, 1.54) is 0 Å². The van der Waals surface area contributed by atoms with Gasteiger partial charge in [0, 0.05) is 10.0 Å². The van der Waals surface area contributed by atoms with Gasteiger partial charge < -0.3 is 19.3 Å². The molecule has 0 spiro atoms. The number of hydrogen-bond donors (Lipinski definition) is 1. The van der Waals surface area contributed by atoms with E-state index in [1.807, 2.05) is 18.2 Å². The highest BCUT2D eigenvalue weighted by Gasteiger charge is 2.08. The molecule has 0 aliphatic carbocycles. The topological polar surface area (TPSA) is 47.9 Å². The summed E-state index contributed by atoms with van der Waals surface area (Å²) in [5.74, 6) is 2.00. The van der Waals surface area contributed by atoms with Crippen molar-refractivity contribution in [1.29, 1.82) is 0 Å². The molecule has 0 radical (unpaired) electrons. The molecule has 0 saturated heterocycles. The van der Waals surface area contributed by atoms with Gasteiger partial charge in [-0.3, -0.25) is 0 Å². The molecule has 0 atom stereocenters. The van der Waals surface area contributed by atoms with E-state index in [0.29, 0.717) is 18.1 Å². The molecule has 0 unspecified atom stereocenters. The summed E-state index contributed by atoms with van der Waals surface area (Å²) in [7, 11) is 3.20. The van der Waals surface area contributed by atoms with Gasteiger partial charge in [0.2, 0.25) is 0 Å². The zero-order chi connectivity index (χ0) is 15.2. The number of methoxy groups -OCH3 is 2. The number of aliphatic hydroxyl groups is 1. The van der Waals surface area contributed by atoms with Gasteiger partial charge in [-0.05, 0) is 35.9 Å². The van der Waals surface area contributed by atoms with Gasteiger partial charge in [-0.1, -0.05) is 22.0 Å². The van der Waals surface area contributed by atoms with Gasteiger partial charge in [0.15, 0.2) is 11.5 Å². The lowest BCUT2D eigenvalue weighted by molar-refractivity contribution is 0.273. The molecule has 1 N–H and O–H groups in total. The molecule has 0 fully saturated rings. The molecule has 0 heterocycles. The van der Waals surface area contributed by atoms with E-state index in [9.17, 15) is 0 Å². The first-order valence-corrected chi connectivity index (χ1v) is 7.20. The largest absolute Gasteiger partial charge is 0.497 e. The van der Waals surface area contributed by atoms with Crippen molar-refractivity contribution in [3.63, 3.8) is 0 Å². The van der Waals surface area contributed by atoms with E-state index in [1.54, 1.807) is 32.4 Å². The Morgan fingerprint density at radius 3 is 2.48 bits per heavy atom. The third-order valence-corrected chi connectivity index (χ3v) is 3.82. The summed E-state index contributed by atoms with van der Waals surface area (Å²) in [5.41, 5.74) is 1.75. The normalized spacial score (nSPS) is 10.3. The van der Waals surface area contributed by atoms with Crippen LogP contribution >= 0.6 is 15.9 Å². The van der Waals surface area contributed by atoms with Gasteiger partial charge in [-0.15, -0.1) is 0 Å². The summed E-state index contributed by atoms with van der Waals surface area (Å²) in [6, 6.07) is 11.1. The first-order chi connectivity index (χ1) is 10.2. The predicted octanol–water partition coefficient (Wildman–Crippen LogP) is 3.54. The summed E-state index contributed by atoms with van der Waals surface area (Å²) >= 11 is 3.49. The van der Waals surface area contributed by atoms with Crippen LogP contribution in [0.15, 0.2) is 40.9 Å². The third kappa shape index (κ3) is 3.89. The molecule has 112 valence electrons. The fourth-order valence-corrected chi connectivity index (χ4v) is 2.23. The van der Waals surface area contributed by atoms with Gasteiger partial charge in [0.05, 0.1) is 20.8 Å². The van der Waals surface area contributed by atoms with E-state index in [0.717, 1.165) is 21.3 Å². The smallest absolute Gasteiger partial charge is 0.161 e. The van der Waals surface area contributed by atoms with Crippen LogP contribution in [-0.2, 0) is 13.2 Å². The zero-order valence-corrected chi connectivity index (χ0v) is 13.5. The molecule has 2 aromatic carbocycles. The quantitative estimate of drug-likeness (QED) is 0.863. The fraction of sp³-hybridized carbons (Fsp3) is 0.250. The Labute approximate surface area is 132 Å². The highest BCUT2D eigenvalue weighted by atomic mass is 79.9. The Balaban J connectivity index is 2.16. The monoisotopic (exact) mass is 352 g/mol. The number of benzene rings is 2. The van der Waals surface area contributed by atoms with Crippen molar-refractivity contribution in [2.24, 2.45) is 0 Å². The number of rotatable bonds is 6. The van der Waals surface area contributed by atoms with Crippen molar-refractivity contribution >= 4 is 15.9 Å². The zero-order valence-electron chi connectivity index (χ0n) is 11.9. The van der Waals surface area contributed by atoms with E-state index in [-0.39, 0.29) is 6.61 Å². The van der Waals surface area contributed by atoms with Gasteiger partial charge >= 0.3 is 0 Å². The second kappa shape index (κ2) is 7.33. The average Bonchev–Trinajstić information content (AvgIpc) is 2.54. The lowest BCUT2D eigenvalue weighted by atomic mass is 10.2. The highest BCUT2D eigenvalue weighted by Crippen LogP contribution is 2.30. The Kier molecular flexibility index (Phi) is 5.47. The second-order valence-electron chi connectivity index (χ2n) is 4.39. The van der Waals surface area contributed by atoms with E-state index in [4.69, 9.17) is 19.3 Å². The van der Waals surface area contributed by atoms with Gasteiger partial charge in [0.25, 0.3) is 0 Å². The van der Waals surface area contributed by atoms with Crippen LogP contribution in [0.25, 0.3) is 0 Å². The van der Waals surface area contributed by atoms with Crippen molar-refractivity contribution in [2.75, 3.05) is 14.2 Å². The van der Waals surface area contributed by atoms with Crippen LogP contribution in [-0.4, -0.2) is 19.3 Å². The van der Waals surface area contributed by atoms with Crippen molar-refractivity contribution in [3.05, 3.63) is 52.0 Å². The molecule has 4 nitrogen and oxygen atoms in total. The Morgan fingerprint density at radius 1 is 1.00 bits per heavy atom. The molecule has 21 heavy (non-hydrogen) atoms. The number of halogens is 1. The molecule has 0 aliphatic rings. The van der Waals surface area contributed by atoms with Crippen LogP contribution < -0.4 is 14.2 Å². The number of ether oxygens (including phenoxy) is 3. The predicted molar refractivity (Wildman–Crippen MR) is 83.9 cm³/mol. The van der Waals surface area contributed by atoms with Crippen LogP contribution in [0, 0.1) is 0 Å². The van der Waals surface area contributed by atoms with Crippen LogP contribution in [0.3, 0.4) is 0 Å². The molecule has 0 aromatic heterocycles. The Hall–Kier alpha value is -1.72. The Morgan fingerprint density at radius 2 is 1.81 bits per heavy atom. The van der Waals surface area contributed by atoms with E-state index >= 15 is 0 Å². The summed E-state index contributed by atoms with van der Waals surface area (Å²) in [4.78, 5) is 0. The minimum Gasteiger partial charge on any atom is -0.497 e. The van der Waals surface area contributed by atoms with Gasteiger partial charge in [-0.2, -0.15) is 0 Å². The SMILES string of the molecule is COc1ccc(Br)c(COc2ccc(CO)cc2OC)c1. The Bertz CT molecular complexity index is 613. The lowest BCUT2D eigenvalue weighted by Gasteiger charge is -2.13. The molecule has 0 bridgehead atoms. The van der Waals surface area contributed by atoms with Crippen molar-refractivity contribution in [2.45, 2.75) is 13.2 Å². The standard InChI is InChI=1S/C16H17BrO4/c1-19-13-4-5-14(17)12(8-13)10-21-15-6-3-11(9-18)7-16(15)20-2/h3-8,18H,9-10H2,1-2H3. The maximum Gasteiger partial charge on any atom is 0.161 e. The minimum atomic E-state index is -0.0297. The van der Waals surface area contributed by atoms with Crippen molar-refractivity contribution in [3.8, 4) is 17.2 Å². The summed E-state index contributed by atoms with van der Waals surface area (Å²) in [6.45, 7) is 0.352. The molecular weight excluding hydrogens is 336 g/mol. The summed E-state index contributed by atoms with van der Waals surface area (Å²) in [6.07, 6.45) is 0. The van der Waals surface area contributed by atoms with Crippen LogP contribution in [0.5, 0.6) is 17.2 Å². The molecule has 0 aliphatic heterocycles. The van der Waals surface area contributed by atoms with Crippen molar-refractivity contribution < 1.29 is 19.3 Å². The molecule has 5 heteroatoms. The maximum atomic E-state index is 9.13. The number of aliphatic hydroxyl groups excluding tert-OH is 1. The minimum absolute atomic E-state index is 0.0297. The third-order valence-electron chi connectivity index (χ3n) is 3.05. The van der Waals surface area contributed by atoms with E-state index < -0.39 is 0 Å². The summed E-state index contributed by atoms with van der Waals surface area (Å²) in [5, 5.41) is 9.13. The summed E-state index contributed by atoms with van der Waals surface area (Å²) < 4.78 is 17.2. The fourth-order valence-electron chi connectivity index (χ4n) is 1.87. The second-order valence-corrected chi connectivity index (χ2v) is 5.24. The highest BCUT2D eigenvalue weighted by molar-refractivity contribution is 9.10. The number of hydrogen-bond acceptors (Lipinski definition) is 4. The van der Waals surface area contributed by atoms with Crippen molar-refractivity contribution in [1.82, 2.24) is 0 Å². The van der Waals surface area contributed by atoms with E-state index in [2.05, 4.69) is 15.9 Å². The lowest BCUT2D eigenvalue weighted by Crippen LogP contribution is -2.00. The molecule has 2 aromatic rings. The first-order valence-electron chi connectivity index (χ1n) is 6.41. The molecule has 0 saturated carbocycles. The average molecular weight is 353 g/mol. The van der Waals surface area contributed by atoms with Gasteiger partial charge in [-0.25, -0.2) is 0 Å². The molecular formula is C16H17BrO4. The van der Waals surface area contributed by atoms with Gasteiger partial charge in [0.1, 0.15) is 12.4 Å².